The maximum Gasteiger partial charge on any atom is 0.0684 e. The van der Waals surface area contributed by atoms with Crippen LogP contribution in [0, 0.1) is 12.8 Å². The van der Waals surface area contributed by atoms with E-state index < -0.39 is 0 Å². The van der Waals surface area contributed by atoms with Crippen LogP contribution in [0.25, 0.3) is 5.57 Å². The second kappa shape index (κ2) is 4.42. The van der Waals surface area contributed by atoms with Gasteiger partial charge in [-0.1, -0.05) is 43.7 Å². The molecule has 1 aromatic carbocycles. The van der Waals surface area contributed by atoms with Crippen LogP contribution in [-0.2, 0) is 0 Å². The largest absolute Gasteiger partial charge is 0.392 e. The summed E-state index contributed by atoms with van der Waals surface area (Å²) in [6, 6.07) is 6.56. The van der Waals surface area contributed by atoms with Gasteiger partial charge >= 0.3 is 0 Å². The van der Waals surface area contributed by atoms with Gasteiger partial charge in [-0.25, -0.2) is 0 Å². The number of aliphatic hydroxyl groups is 1. The summed E-state index contributed by atoms with van der Waals surface area (Å²) in [4.78, 5) is 0. The number of hydrogen-bond acceptors (Lipinski definition) is 1. The van der Waals surface area contributed by atoms with Crippen LogP contribution in [0.1, 0.15) is 42.9 Å². The first kappa shape index (κ1) is 11.4. The smallest absolute Gasteiger partial charge is 0.0684 e. The van der Waals surface area contributed by atoms with Crippen molar-refractivity contribution >= 4 is 5.57 Å². The van der Waals surface area contributed by atoms with Gasteiger partial charge in [-0.15, -0.1) is 0 Å². The predicted octanol–water partition coefficient (Wildman–Crippen LogP) is 3.51. The van der Waals surface area contributed by atoms with E-state index in [0.29, 0.717) is 11.8 Å². The molecule has 0 aromatic heterocycles. The van der Waals surface area contributed by atoms with Crippen molar-refractivity contribution in [3.05, 3.63) is 41.0 Å². The summed E-state index contributed by atoms with van der Waals surface area (Å²) in [6.45, 7) is 6.83. The Hall–Kier alpha value is -1.08. The zero-order valence-electron chi connectivity index (χ0n) is 10.3. The molecular weight excluding hydrogens is 196 g/mol. The number of allylic oxidation sites excluding steroid dienone is 1. The van der Waals surface area contributed by atoms with E-state index in [-0.39, 0.29) is 6.61 Å². The van der Waals surface area contributed by atoms with Gasteiger partial charge in [0.05, 0.1) is 6.61 Å². The van der Waals surface area contributed by atoms with Crippen molar-refractivity contribution in [3.63, 3.8) is 0 Å². The summed E-state index contributed by atoms with van der Waals surface area (Å²) in [7, 11) is 0. The van der Waals surface area contributed by atoms with Crippen molar-refractivity contribution in [1.82, 2.24) is 0 Å². The molecule has 0 bridgehead atoms. The molecule has 1 unspecified atom stereocenters. The Morgan fingerprint density at radius 3 is 2.75 bits per heavy atom. The number of aryl methyl sites for hydroxylation is 1. The van der Waals surface area contributed by atoms with Crippen LogP contribution >= 0.6 is 0 Å². The average Bonchev–Trinajstić information content (AvgIpc) is 2.26. The van der Waals surface area contributed by atoms with Crippen molar-refractivity contribution < 1.29 is 5.11 Å². The van der Waals surface area contributed by atoms with Crippen LogP contribution in [0.15, 0.2) is 24.3 Å². The second-order valence-electron chi connectivity index (χ2n) is 5.06. The molecule has 16 heavy (non-hydrogen) atoms. The van der Waals surface area contributed by atoms with Gasteiger partial charge in [0.25, 0.3) is 0 Å². The van der Waals surface area contributed by atoms with E-state index in [1.165, 1.54) is 16.7 Å². The van der Waals surface area contributed by atoms with Crippen molar-refractivity contribution in [1.29, 1.82) is 0 Å². The van der Waals surface area contributed by atoms with Crippen LogP contribution in [0.4, 0.5) is 0 Å². The molecule has 1 heteroatoms. The van der Waals surface area contributed by atoms with Crippen molar-refractivity contribution in [3.8, 4) is 0 Å². The van der Waals surface area contributed by atoms with Crippen LogP contribution in [0.5, 0.6) is 0 Å². The molecule has 2 rings (SSSR count). The van der Waals surface area contributed by atoms with E-state index in [1.54, 1.807) is 0 Å². The Balaban J connectivity index is 2.51. The minimum atomic E-state index is 0.154. The van der Waals surface area contributed by atoms with Gasteiger partial charge in [-0.2, -0.15) is 0 Å². The SMILES string of the molecule is Cc1ccc2c(c1)C(C(C)C)CC=C2CO. The fourth-order valence-corrected chi connectivity index (χ4v) is 2.57. The van der Waals surface area contributed by atoms with Gasteiger partial charge in [-0.3, -0.25) is 0 Å². The van der Waals surface area contributed by atoms with E-state index in [4.69, 9.17) is 0 Å². The van der Waals surface area contributed by atoms with E-state index in [9.17, 15) is 5.11 Å². The fraction of sp³-hybridized carbons (Fsp3) is 0.467. The van der Waals surface area contributed by atoms with Crippen LogP contribution in [0.2, 0.25) is 0 Å². The van der Waals surface area contributed by atoms with Crippen molar-refractivity contribution in [2.75, 3.05) is 6.61 Å². The van der Waals surface area contributed by atoms with E-state index in [2.05, 4.69) is 45.0 Å². The molecule has 0 fully saturated rings. The Morgan fingerprint density at radius 2 is 2.12 bits per heavy atom. The highest BCUT2D eigenvalue weighted by Gasteiger charge is 2.23. The lowest BCUT2D eigenvalue weighted by Gasteiger charge is -2.28. The minimum absolute atomic E-state index is 0.154. The number of aliphatic hydroxyl groups excluding tert-OH is 1. The van der Waals surface area contributed by atoms with E-state index >= 15 is 0 Å². The third-order valence-corrected chi connectivity index (χ3v) is 3.55. The summed E-state index contributed by atoms with van der Waals surface area (Å²) >= 11 is 0. The highest BCUT2D eigenvalue weighted by atomic mass is 16.3. The second-order valence-corrected chi connectivity index (χ2v) is 5.06. The number of fused-ring (bicyclic) bond motifs is 1. The Bertz CT molecular complexity index is 415. The fourth-order valence-electron chi connectivity index (χ4n) is 2.57. The lowest BCUT2D eigenvalue weighted by Crippen LogP contribution is -2.13. The lowest BCUT2D eigenvalue weighted by molar-refractivity contribution is 0.348. The Kier molecular flexibility index (Phi) is 3.15. The number of rotatable bonds is 2. The first-order valence-electron chi connectivity index (χ1n) is 6.04. The molecule has 0 radical (unpaired) electrons. The maximum absolute atomic E-state index is 9.36. The molecule has 1 aromatic rings. The molecule has 0 spiro atoms. The molecule has 1 atom stereocenters. The Morgan fingerprint density at radius 1 is 1.38 bits per heavy atom. The lowest BCUT2D eigenvalue weighted by atomic mass is 9.77. The van der Waals surface area contributed by atoms with Gasteiger partial charge in [0.2, 0.25) is 0 Å². The monoisotopic (exact) mass is 216 g/mol. The van der Waals surface area contributed by atoms with E-state index in [1.807, 2.05) is 0 Å². The van der Waals surface area contributed by atoms with Crippen molar-refractivity contribution in [2.45, 2.75) is 33.1 Å². The molecule has 1 aliphatic rings. The molecule has 0 saturated carbocycles. The molecular formula is C15H20O. The normalized spacial score (nSPS) is 19.6. The summed E-state index contributed by atoms with van der Waals surface area (Å²) in [5.74, 6) is 1.25. The average molecular weight is 216 g/mol. The first-order valence-corrected chi connectivity index (χ1v) is 6.04. The summed E-state index contributed by atoms with van der Waals surface area (Å²) in [6.07, 6.45) is 3.26. The topological polar surface area (TPSA) is 20.2 Å². The third-order valence-electron chi connectivity index (χ3n) is 3.55. The number of hydrogen-bond donors (Lipinski definition) is 1. The van der Waals surface area contributed by atoms with Crippen LogP contribution < -0.4 is 0 Å². The molecule has 0 saturated heterocycles. The van der Waals surface area contributed by atoms with Crippen molar-refractivity contribution in [2.24, 2.45) is 5.92 Å². The summed E-state index contributed by atoms with van der Waals surface area (Å²) < 4.78 is 0. The quantitative estimate of drug-likeness (QED) is 0.802. The molecule has 86 valence electrons. The highest BCUT2D eigenvalue weighted by molar-refractivity contribution is 5.71. The van der Waals surface area contributed by atoms with Crippen LogP contribution in [-0.4, -0.2) is 11.7 Å². The minimum Gasteiger partial charge on any atom is -0.392 e. The number of benzene rings is 1. The highest BCUT2D eigenvalue weighted by Crippen LogP contribution is 2.38. The third kappa shape index (κ3) is 1.92. The van der Waals surface area contributed by atoms with Crippen LogP contribution in [0.3, 0.4) is 0 Å². The molecule has 1 N–H and O–H groups in total. The molecule has 0 heterocycles. The zero-order valence-corrected chi connectivity index (χ0v) is 10.3. The molecule has 0 amide bonds. The molecule has 1 aliphatic carbocycles. The van der Waals surface area contributed by atoms with Gasteiger partial charge in [0.1, 0.15) is 0 Å². The van der Waals surface area contributed by atoms with Gasteiger partial charge in [0.15, 0.2) is 0 Å². The van der Waals surface area contributed by atoms with Gasteiger partial charge in [0, 0.05) is 0 Å². The van der Waals surface area contributed by atoms with E-state index in [0.717, 1.165) is 12.0 Å². The van der Waals surface area contributed by atoms with Gasteiger partial charge < -0.3 is 5.11 Å². The predicted molar refractivity (Wildman–Crippen MR) is 68.4 cm³/mol. The summed E-state index contributed by atoms with van der Waals surface area (Å²) in [5.41, 5.74) is 5.06. The standard InChI is InChI=1S/C15H20O/c1-10(2)13-7-5-12(9-16)14-6-4-11(3)8-15(13)14/h4-6,8,10,13,16H,7,9H2,1-3H3. The molecule has 1 nitrogen and oxygen atoms in total. The Labute approximate surface area is 97.8 Å². The van der Waals surface area contributed by atoms with Gasteiger partial charge in [-0.05, 0) is 41.9 Å². The zero-order chi connectivity index (χ0) is 11.7. The maximum atomic E-state index is 9.36. The first-order chi connectivity index (χ1) is 7.63. The summed E-state index contributed by atoms with van der Waals surface area (Å²) in [5, 5.41) is 9.36. The molecule has 0 aliphatic heterocycles.